The normalized spacial score (nSPS) is 19.6. The van der Waals surface area contributed by atoms with Crippen molar-refractivity contribution in [3.8, 4) is 0 Å². The van der Waals surface area contributed by atoms with Gasteiger partial charge in [-0.05, 0) is 20.3 Å². The summed E-state index contributed by atoms with van der Waals surface area (Å²) in [6.07, 6.45) is 8.43. The highest BCUT2D eigenvalue weighted by molar-refractivity contribution is 4.89. The van der Waals surface area contributed by atoms with Crippen LogP contribution in [0.4, 0.5) is 0 Å². The van der Waals surface area contributed by atoms with Gasteiger partial charge in [0.2, 0.25) is 0 Å². The van der Waals surface area contributed by atoms with E-state index in [9.17, 15) is 5.11 Å². The second kappa shape index (κ2) is 8.93. The Balaban J connectivity index is 2.20. The summed E-state index contributed by atoms with van der Waals surface area (Å²) in [7, 11) is 0. The van der Waals surface area contributed by atoms with Gasteiger partial charge in [0.05, 0.1) is 19.3 Å². The molecule has 3 nitrogen and oxygen atoms in total. The Bertz CT molecular complexity index is 225. The van der Waals surface area contributed by atoms with E-state index in [1.165, 1.54) is 32.1 Å². The summed E-state index contributed by atoms with van der Waals surface area (Å²) in [6, 6.07) is 0. The molecule has 114 valence electrons. The maximum Gasteiger partial charge on any atom is 0.0718 e. The first-order chi connectivity index (χ1) is 9.09. The summed E-state index contributed by atoms with van der Waals surface area (Å²) in [5.74, 6) is 0. The Kier molecular flexibility index (Phi) is 7.96. The molecule has 1 heterocycles. The van der Waals surface area contributed by atoms with Crippen LogP contribution in [-0.4, -0.2) is 48.0 Å². The maximum absolute atomic E-state index is 10.4. The molecule has 1 rings (SSSR count). The van der Waals surface area contributed by atoms with Crippen LogP contribution in [-0.2, 0) is 4.74 Å². The van der Waals surface area contributed by atoms with Crippen molar-refractivity contribution in [1.82, 2.24) is 4.90 Å². The van der Waals surface area contributed by atoms with Crippen LogP contribution in [0.25, 0.3) is 0 Å². The van der Waals surface area contributed by atoms with Gasteiger partial charge < -0.3 is 9.84 Å². The summed E-state index contributed by atoms with van der Waals surface area (Å²) < 4.78 is 5.39. The quantitative estimate of drug-likeness (QED) is 0.654. The lowest BCUT2D eigenvalue weighted by molar-refractivity contribution is -0.0643. The van der Waals surface area contributed by atoms with Gasteiger partial charge in [-0.1, -0.05) is 45.4 Å². The molecule has 19 heavy (non-hydrogen) atoms. The highest BCUT2D eigenvalue weighted by Crippen LogP contribution is 2.24. The van der Waals surface area contributed by atoms with Crippen molar-refractivity contribution in [1.29, 1.82) is 0 Å². The average molecular weight is 271 g/mol. The largest absolute Gasteiger partial charge is 0.391 e. The predicted molar refractivity (Wildman–Crippen MR) is 80.5 cm³/mol. The minimum absolute atomic E-state index is 0.118. The van der Waals surface area contributed by atoms with Crippen LogP contribution in [0.5, 0.6) is 0 Å². The zero-order chi connectivity index (χ0) is 14.1. The van der Waals surface area contributed by atoms with Crippen molar-refractivity contribution in [2.75, 3.05) is 26.3 Å². The molecule has 1 fully saturated rings. The summed E-state index contributed by atoms with van der Waals surface area (Å²) in [6.45, 7) is 10.1. The molecule has 1 saturated heterocycles. The molecule has 3 heteroatoms. The molecule has 0 aromatic rings. The first-order valence-electron chi connectivity index (χ1n) is 8.10. The van der Waals surface area contributed by atoms with Gasteiger partial charge in [0.15, 0.2) is 0 Å². The zero-order valence-corrected chi connectivity index (χ0v) is 13.2. The van der Waals surface area contributed by atoms with Crippen LogP contribution >= 0.6 is 0 Å². The molecule has 0 bridgehead atoms. The van der Waals surface area contributed by atoms with Crippen LogP contribution in [0.1, 0.15) is 65.7 Å². The number of rotatable bonds is 9. The fraction of sp³-hybridized carbons (Fsp3) is 1.00. The van der Waals surface area contributed by atoms with Crippen molar-refractivity contribution >= 4 is 0 Å². The number of hydrogen-bond acceptors (Lipinski definition) is 3. The van der Waals surface area contributed by atoms with E-state index in [0.717, 1.165) is 39.1 Å². The topological polar surface area (TPSA) is 32.7 Å². The summed E-state index contributed by atoms with van der Waals surface area (Å²) in [4.78, 5) is 2.37. The number of aliphatic hydroxyl groups is 1. The van der Waals surface area contributed by atoms with Crippen LogP contribution < -0.4 is 0 Å². The third kappa shape index (κ3) is 5.80. The Hall–Kier alpha value is -0.120. The number of nitrogens with zero attached hydrogens (tertiary/aromatic N) is 1. The molecule has 1 aliphatic rings. The molecule has 1 unspecified atom stereocenters. The fourth-order valence-corrected chi connectivity index (χ4v) is 2.82. The SMILES string of the molecule is CCCCCCCCC(O)C(C)(C)N1CCOCC1. The van der Waals surface area contributed by atoms with E-state index < -0.39 is 0 Å². The molecule has 1 N–H and O–H groups in total. The van der Waals surface area contributed by atoms with Gasteiger partial charge in [-0.3, -0.25) is 4.90 Å². The summed E-state index contributed by atoms with van der Waals surface area (Å²) in [5.41, 5.74) is -0.118. The number of aliphatic hydroxyl groups excluding tert-OH is 1. The monoisotopic (exact) mass is 271 g/mol. The van der Waals surface area contributed by atoms with Gasteiger partial charge in [-0.15, -0.1) is 0 Å². The smallest absolute Gasteiger partial charge is 0.0718 e. The molecular formula is C16H33NO2. The first-order valence-corrected chi connectivity index (χ1v) is 8.10. The molecule has 0 aliphatic carbocycles. The Labute approximate surface area is 119 Å². The second-order valence-corrected chi connectivity index (χ2v) is 6.33. The van der Waals surface area contributed by atoms with Crippen molar-refractivity contribution in [2.45, 2.75) is 77.4 Å². The van der Waals surface area contributed by atoms with E-state index in [1.807, 2.05) is 0 Å². The number of morpholine rings is 1. The molecule has 0 saturated carbocycles. The fourth-order valence-electron chi connectivity index (χ4n) is 2.82. The van der Waals surface area contributed by atoms with E-state index in [0.29, 0.717) is 0 Å². The molecule has 1 aliphatic heterocycles. The van der Waals surface area contributed by atoms with Gasteiger partial charge in [0, 0.05) is 18.6 Å². The molecule has 0 aromatic carbocycles. The van der Waals surface area contributed by atoms with E-state index in [4.69, 9.17) is 4.74 Å². The van der Waals surface area contributed by atoms with Crippen molar-refractivity contribution < 1.29 is 9.84 Å². The Morgan fingerprint density at radius 2 is 1.63 bits per heavy atom. The minimum Gasteiger partial charge on any atom is -0.391 e. The molecule has 0 aromatic heterocycles. The summed E-state index contributed by atoms with van der Waals surface area (Å²) >= 11 is 0. The number of ether oxygens (including phenoxy) is 1. The minimum atomic E-state index is -0.225. The van der Waals surface area contributed by atoms with Crippen molar-refractivity contribution in [2.24, 2.45) is 0 Å². The average Bonchev–Trinajstić information content (AvgIpc) is 2.43. The van der Waals surface area contributed by atoms with Crippen LogP contribution in [0.15, 0.2) is 0 Å². The third-order valence-electron chi connectivity index (χ3n) is 4.47. The van der Waals surface area contributed by atoms with E-state index >= 15 is 0 Å². The maximum atomic E-state index is 10.4. The van der Waals surface area contributed by atoms with Gasteiger partial charge in [-0.2, -0.15) is 0 Å². The number of hydrogen-bond donors (Lipinski definition) is 1. The first kappa shape index (κ1) is 16.9. The van der Waals surface area contributed by atoms with Crippen molar-refractivity contribution in [3.63, 3.8) is 0 Å². The molecular weight excluding hydrogens is 238 g/mol. The van der Waals surface area contributed by atoms with Gasteiger partial charge in [0.1, 0.15) is 0 Å². The Morgan fingerprint density at radius 1 is 1.05 bits per heavy atom. The van der Waals surface area contributed by atoms with Gasteiger partial charge in [-0.25, -0.2) is 0 Å². The third-order valence-corrected chi connectivity index (χ3v) is 4.47. The van der Waals surface area contributed by atoms with E-state index in [1.54, 1.807) is 0 Å². The molecule has 1 atom stereocenters. The van der Waals surface area contributed by atoms with Crippen LogP contribution in [0.3, 0.4) is 0 Å². The molecule has 0 spiro atoms. The molecule has 0 amide bonds. The lowest BCUT2D eigenvalue weighted by Gasteiger charge is -2.43. The van der Waals surface area contributed by atoms with Gasteiger partial charge >= 0.3 is 0 Å². The van der Waals surface area contributed by atoms with Crippen LogP contribution in [0, 0.1) is 0 Å². The highest BCUT2D eigenvalue weighted by atomic mass is 16.5. The highest BCUT2D eigenvalue weighted by Gasteiger charge is 2.34. The second-order valence-electron chi connectivity index (χ2n) is 6.33. The zero-order valence-electron chi connectivity index (χ0n) is 13.2. The van der Waals surface area contributed by atoms with Crippen LogP contribution in [0.2, 0.25) is 0 Å². The van der Waals surface area contributed by atoms with Crippen molar-refractivity contribution in [3.05, 3.63) is 0 Å². The Morgan fingerprint density at radius 3 is 2.26 bits per heavy atom. The molecule has 0 radical (unpaired) electrons. The lowest BCUT2D eigenvalue weighted by Crippen LogP contribution is -2.56. The summed E-state index contributed by atoms with van der Waals surface area (Å²) in [5, 5.41) is 10.4. The van der Waals surface area contributed by atoms with Gasteiger partial charge in [0.25, 0.3) is 0 Å². The standard InChI is InChI=1S/C16H33NO2/c1-4-5-6-7-8-9-10-15(18)16(2,3)17-11-13-19-14-12-17/h15,18H,4-14H2,1-3H3. The van der Waals surface area contributed by atoms with E-state index in [2.05, 4.69) is 25.7 Å². The van der Waals surface area contributed by atoms with E-state index in [-0.39, 0.29) is 11.6 Å². The lowest BCUT2D eigenvalue weighted by atomic mass is 9.90. The predicted octanol–water partition coefficient (Wildman–Crippen LogP) is 3.21. The number of unbranched alkanes of at least 4 members (excludes halogenated alkanes) is 5.